The summed E-state index contributed by atoms with van der Waals surface area (Å²) < 4.78 is 0. The predicted octanol–water partition coefficient (Wildman–Crippen LogP) is 1.31. The molecule has 0 saturated heterocycles. The van der Waals surface area contributed by atoms with Gasteiger partial charge < -0.3 is 10.1 Å². The summed E-state index contributed by atoms with van der Waals surface area (Å²) in [6, 6.07) is -0.390. The van der Waals surface area contributed by atoms with Gasteiger partial charge in [0.05, 0.1) is 5.84 Å². The summed E-state index contributed by atoms with van der Waals surface area (Å²) in [7, 11) is 0. The molecule has 68 valence electrons. The normalized spacial score (nSPS) is 28.0. The number of aldehydes is 1. The van der Waals surface area contributed by atoms with E-state index in [0.717, 1.165) is 31.4 Å². The molecule has 3 nitrogen and oxygen atoms in total. The first-order chi connectivity index (χ1) is 5.77. The van der Waals surface area contributed by atoms with Crippen LogP contribution in [0.15, 0.2) is 4.99 Å². The zero-order valence-corrected chi connectivity index (χ0v) is 7.84. The summed E-state index contributed by atoms with van der Waals surface area (Å²) in [4.78, 5) is 14.5. The van der Waals surface area contributed by atoms with Crippen molar-refractivity contribution in [1.82, 2.24) is 5.32 Å². The van der Waals surface area contributed by atoms with Crippen molar-refractivity contribution in [3.05, 3.63) is 0 Å². The number of nitrogens with one attached hydrogen (secondary N) is 1. The van der Waals surface area contributed by atoms with E-state index in [-0.39, 0.29) is 5.50 Å². The van der Waals surface area contributed by atoms with Gasteiger partial charge in [0.25, 0.3) is 0 Å². The van der Waals surface area contributed by atoms with Gasteiger partial charge in [-0.3, -0.25) is 4.99 Å². The van der Waals surface area contributed by atoms with Gasteiger partial charge in [-0.2, -0.15) is 0 Å². The van der Waals surface area contributed by atoms with Crippen molar-refractivity contribution >= 4 is 23.7 Å². The van der Waals surface area contributed by atoms with Crippen LogP contribution in [-0.4, -0.2) is 23.7 Å². The lowest BCUT2D eigenvalue weighted by Gasteiger charge is -2.04. The Morgan fingerprint density at radius 3 is 3.00 bits per heavy atom. The number of alkyl halides is 1. The topological polar surface area (TPSA) is 41.5 Å². The molecular weight excluding hydrogens is 176 g/mol. The largest absolute Gasteiger partial charge is 0.356 e. The van der Waals surface area contributed by atoms with Crippen LogP contribution in [0.1, 0.15) is 26.2 Å². The second-order valence-corrected chi connectivity index (χ2v) is 3.32. The highest BCUT2D eigenvalue weighted by Crippen LogP contribution is 2.11. The van der Waals surface area contributed by atoms with Crippen LogP contribution < -0.4 is 5.32 Å². The van der Waals surface area contributed by atoms with Crippen molar-refractivity contribution in [2.24, 2.45) is 4.99 Å². The molecule has 4 heteroatoms. The van der Waals surface area contributed by atoms with Crippen molar-refractivity contribution in [1.29, 1.82) is 0 Å². The molecule has 12 heavy (non-hydrogen) atoms. The molecule has 0 aromatic carbocycles. The van der Waals surface area contributed by atoms with Gasteiger partial charge in [0, 0.05) is 6.42 Å². The summed E-state index contributed by atoms with van der Waals surface area (Å²) in [5.41, 5.74) is -0.339. The second-order valence-electron chi connectivity index (χ2n) is 2.85. The highest BCUT2D eigenvalue weighted by atomic mass is 35.5. The average Bonchev–Trinajstić information content (AvgIpc) is 2.43. The van der Waals surface area contributed by atoms with E-state index >= 15 is 0 Å². The summed E-state index contributed by atoms with van der Waals surface area (Å²) in [5, 5.41) is 2.97. The molecule has 0 saturated carbocycles. The molecule has 0 spiro atoms. The standard InChI is InChI=1S/C8H13ClN2O/c1-2-3-4-7-10-6(5-12)8(9)11-7/h5-6,8H,2-4H2,1H3,(H,10,11). The van der Waals surface area contributed by atoms with Gasteiger partial charge in [-0.25, -0.2) is 0 Å². The first-order valence-electron chi connectivity index (χ1n) is 4.20. The monoisotopic (exact) mass is 188 g/mol. The summed E-state index contributed by atoms with van der Waals surface area (Å²) in [5.74, 6) is 0.869. The number of carbonyl (C=O) groups is 1. The van der Waals surface area contributed by atoms with Crippen LogP contribution in [0.5, 0.6) is 0 Å². The van der Waals surface area contributed by atoms with Gasteiger partial charge >= 0.3 is 0 Å². The number of carbonyl (C=O) groups excluding carboxylic acids is 1. The number of hydrogen-bond acceptors (Lipinski definition) is 3. The van der Waals surface area contributed by atoms with Crippen LogP contribution in [0.4, 0.5) is 0 Å². The molecule has 1 N–H and O–H groups in total. The molecule has 2 unspecified atom stereocenters. The Bertz CT molecular complexity index is 193. The number of amidine groups is 1. The Kier molecular flexibility index (Phi) is 3.53. The van der Waals surface area contributed by atoms with Crippen molar-refractivity contribution in [3.8, 4) is 0 Å². The molecular formula is C8H13ClN2O. The van der Waals surface area contributed by atoms with Crippen LogP contribution in [0, 0.1) is 0 Å². The molecule has 0 bridgehead atoms. The molecule has 0 aromatic heterocycles. The third kappa shape index (κ3) is 2.21. The maximum absolute atomic E-state index is 10.4. The van der Waals surface area contributed by atoms with Gasteiger partial charge in [-0.15, -0.1) is 0 Å². The van der Waals surface area contributed by atoms with Crippen LogP contribution >= 0.6 is 11.6 Å². The summed E-state index contributed by atoms with van der Waals surface area (Å²) in [6.07, 6.45) is 3.88. The molecule has 1 aliphatic rings. The number of halogens is 1. The minimum atomic E-state index is -0.390. The molecule has 0 aliphatic carbocycles. The highest BCUT2D eigenvalue weighted by molar-refractivity contribution is 6.23. The van der Waals surface area contributed by atoms with E-state index in [4.69, 9.17) is 11.6 Å². The fourth-order valence-electron chi connectivity index (χ4n) is 1.11. The molecule has 1 rings (SSSR count). The van der Waals surface area contributed by atoms with E-state index in [2.05, 4.69) is 17.2 Å². The Morgan fingerprint density at radius 2 is 2.50 bits per heavy atom. The fourth-order valence-corrected chi connectivity index (χ4v) is 1.35. The van der Waals surface area contributed by atoms with Gasteiger partial charge in [0.1, 0.15) is 17.8 Å². The van der Waals surface area contributed by atoms with Crippen LogP contribution in [0.3, 0.4) is 0 Å². The van der Waals surface area contributed by atoms with Gasteiger partial charge in [0.2, 0.25) is 0 Å². The molecule has 1 aliphatic heterocycles. The Balaban J connectivity index is 2.41. The number of aliphatic imine (C=N–C) groups is 1. The van der Waals surface area contributed by atoms with E-state index < -0.39 is 6.04 Å². The first-order valence-corrected chi connectivity index (χ1v) is 4.64. The quantitative estimate of drug-likeness (QED) is 0.411. The molecule has 0 fully saturated rings. The van der Waals surface area contributed by atoms with Crippen LogP contribution in [-0.2, 0) is 4.79 Å². The Labute approximate surface area is 77.2 Å². The lowest BCUT2D eigenvalue weighted by Crippen LogP contribution is -2.30. The number of unbranched alkanes of at least 4 members (excludes halogenated alkanes) is 1. The fraction of sp³-hybridized carbons (Fsp3) is 0.750. The van der Waals surface area contributed by atoms with Crippen molar-refractivity contribution in [2.45, 2.75) is 37.7 Å². The van der Waals surface area contributed by atoms with E-state index in [1.165, 1.54) is 0 Å². The van der Waals surface area contributed by atoms with Crippen molar-refractivity contribution < 1.29 is 4.79 Å². The molecule has 0 aromatic rings. The zero-order valence-electron chi connectivity index (χ0n) is 7.09. The van der Waals surface area contributed by atoms with E-state index in [1.807, 2.05) is 0 Å². The summed E-state index contributed by atoms with van der Waals surface area (Å²) >= 11 is 5.80. The first kappa shape index (κ1) is 9.52. The minimum absolute atomic E-state index is 0.339. The third-order valence-electron chi connectivity index (χ3n) is 1.82. The second kappa shape index (κ2) is 4.45. The predicted molar refractivity (Wildman–Crippen MR) is 49.6 cm³/mol. The van der Waals surface area contributed by atoms with Crippen molar-refractivity contribution in [3.63, 3.8) is 0 Å². The average molecular weight is 189 g/mol. The summed E-state index contributed by atoms with van der Waals surface area (Å²) in [6.45, 7) is 2.12. The molecule has 2 atom stereocenters. The van der Waals surface area contributed by atoms with Gasteiger partial charge in [-0.1, -0.05) is 24.9 Å². The molecule has 1 heterocycles. The van der Waals surface area contributed by atoms with Gasteiger partial charge in [-0.05, 0) is 6.42 Å². The Hall–Kier alpha value is -0.570. The van der Waals surface area contributed by atoms with Crippen molar-refractivity contribution in [2.75, 3.05) is 0 Å². The lowest BCUT2D eigenvalue weighted by molar-refractivity contribution is -0.108. The van der Waals surface area contributed by atoms with Crippen LogP contribution in [0.2, 0.25) is 0 Å². The molecule has 0 radical (unpaired) electrons. The van der Waals surface area contributed by atoms with E-state index in [1.54, 1.807) is 0 Å². The maximum Gasteiger partial charge on any atom is 0.147 e. The minimum Gasteiger partial charge on any atom is -0.356 e. The number of rotatable bonds is 4. The highest BCUT2D eigenvalue weighted by Gasteiger charge is 2.25. The zero-order chi connectivity index (χ0) is 8.97. The lowest BCUT2D eigenvalue weighted by atomic mass is 10.2. The van der Waals surface area contributed by atoms with Gasteiger partial charge in [0.15, 0.2) is 0 Å². The third-order valence-corrected chi connectivity index (χ3v) is 2.18. The van der Waals surface area contributed by atoms with E-state index in [0.29, 0.717) is 0 Å². The molecule has 0 amide bonds. The smallest absolute Gasteiger partial charge is 0.147 e. The van der Waals surface area contributed by atoms with E-state index in [9.17, 15) is 4.79 Å². The van der Waals surface area contributed by atoms with Crippen LogP contribution in [0.25, 0.3) is 0 Å². The Morgan fingerprint density at radius 1 is 1.75 bits per heavy atom. The maximum atomic E-state index is 10.4. The number of nitrogens with zero attached hydrogens (tertiary/aromatic N) is 1. The SMILES string of the molecule is CCCCC1=NC(C=O)C(Cl)N1. The number of hydrogen-bond donors (Lipinski definition) is 1.